The van der Waals surface area contributed by atoms with E-state index in [0.717, 1.165) is 5.69 Å². The van der Waals surface area contributed by atoms with Crippen LogP contribution in [-0.4, -0.2) is 25.2 Å². The first-order valence-corrected chi connectivity index (χ1v) is 5.50. The van der Waals surface area contributed by atoms with E-state index in [9.17, 15) is 14.4 Å². The van der Waals surface area contributed by atoms with Gasteiger partial charge >= 0.3 is 11.7 Å². The molecule has 2 heterocycles. The summed E-state index contributed by atoms with van der Waals surface area (Å²) in [6, 6.07) is 1.70. The van der Waals surface area contributed by atoms with Gasteiger partial charge in [-0.05, 0) is 19.9 Å². The van der Waals surface area contributed by atoms with Crippen molar-refractivity contribution in [2.45, 2.75) is 26.9 Å². The van der Waals surface area contributed by atoms with E-state index in [-0.39, 0.29) is 0 Å². The number of carboxylic acid groups (broad SMARTS) is 1. The van der Waals surface area contributed by atoms with Gasteiger partial charge in [0, 0.05) is 12.2 Å². The monoisotopic (exact) mass is 251 g/mol. The zero-order valence-electron chi connectivity index (χ0n) is 10.1. The fourth-order valence-corrected chi connectivity index (χ4v) is 2.09. The molecule has 96 valence electrons. The molecule has 0 fully saturated rings. The van der Waals surface area contributed by atoms with Crippen LogP contribution in [0.15, 0.2) is 15.7 Å². The maximum atomic E-state index is 12.1. The number of aliphatic carboxylic acids is 1. The average molecular weight is 251 g/mol. The highest BCUT2D eigenvalue weighted by Crippen LogP contribution is 2.12. The Kier molecular flexibility index (Phi) is 2.82. The summed E-state index contributed by atoms with van der Waals surface area (Å²) in [4.78, 5) is 36.9. The highest BCUT2D eigenvalue weighted by Gasteiger charge is 2.14. The van der Waals surface area contributed by atoms with Gasteiger partial charge < -0.3 is 14.7 Å². The number of fused-ring (bicyclic) bond motifs is 1. The molecule has 0 unspecified atom stereocenters. The molecule has 0 aliphatic carbocycles. The Morgan fingerprint density at radius 1 is 1.39 bits per heavy atom. The van der Waals surface area contributed by atoms with Crippen LogP contribution >= 0.6 is 0 Å². The van der Waals surface area contributed by atoms with Crippen LogP contribution in [0.3, 0.4) is 0 Å². The molecule has 0 saturated heterocycles. The Morgan fingerprint density at radius 2 is 2.06 bits per heavy atom. The van der Waals surface area contributed by atoms with Gasteiger partial charge in [0.15, 0.2) is 0 Å². The number of carbonyl (C=O) groups is 1. The number of hydrogen-bond donors (Lipinski definition) is 2. The summed E-state index contributed by atoms with van der Waals surface area (Å²) in [5.41, 5.74) is 0.324. The molecule has 0 bridgehead atoms. The predicted molar refractivity (Wildman–Crippen MR) is 64.9 cm³/mol. The maximum Gasteiger partial charge on any atom is 0.329 e. The third kappa shape index (κ3) is 1.73. The first-order chi connectivity index (χ1) is 8.45. The van der Waals surface area contributed by atoms with Crippen molar-refractivity contribution in [2.75, 3.05) is 0 Å². The molecule has 2 N–H and O–H groups in total. The molecule has 2 aromatic rings. The summed E-state index contributed by atoms with van der Waals surface area (Å²) < 4.78 is 2.43. The molecule has 0 amide bonds. The number of aromatic amines is 1. The largest absolute Gasteiger partial charge is 0.480 e. The van der Waals surface area contributed by atoms with Crippen LogP contribution in [0.4, 0.5) is 0 Å². The smallest absolute Gasteiger partial charge is 0.329 e. The minimum Gasteiger partial charge on any atom is -0.480 e. The van der Waals surface area contributed by atoms with Crippen molar-refractivity contribution >= 4 is 17.0 Å². The molecule has 0 aromatic carbocycles. The number of aromatic nitrogens is 3. The summed E-state index contributed by atoms with van der Waals surface area (Å²) in [5.74, 6) is -1.23. The van der Waals surface area contributed by atoms with Crippen LogP contribution in [0.5, 0.6) is 0 Å². The molecule has 2 aromatic heterocycles. The van der Waals surface area contributed by atoms with Gasteiger partial charge in [-0.2, -0.15) is 0 Å². The molecule has 7 heteroatoms. The highest BCUT2D eigenvalue weighted by atomic mass is 16.4. The van der Waals surface area contributed by atoms with Crippen molar-refractivity contribution in [3.05, 3.63) is 32.6 Å². The minimum atomic E-state index is -1.23. The first-order valence-electron chi connectivity index (χ1n) is 5.50. The third-order valence-corrected chi connectivity index (χ3v) is 2.85. The minimum absolute atomic E-state index is 0.329. The number of aryl methyl sites for hydroxylation is 2. The van der Waals surface area contributed by atoms with Crippen LogP contribution in [0.2, 0.25) is 0 Å². The second kappa shape index (κ2) is 4.17. The molecule has 0 atom stereocenters. The Balaban J connectivity index is 2.87. The molecule has 0 radical (unpaired) electrons. The lowest BCUT2D eigenvalue weighted by molar-refractivity contribution is -0.137. The average Bonchev–Trinajstić information content (AvgIpc) is 2.59. The van der Waals surface area contributed by atoms with E-state index in [1.807, 2.05) is 13.8 Å². The van der Waals surface area contributed by atoms with Crippen LogP contribution in [-0.2, 0) is 17.9 Å². The summed E-state index contributed by atoms with van der Waals surface area (Å²) in [7, 11) is 0. The normalized spacial score (nSPS) is 11.0. The Labute approximate surface area is 101 Å². The van der Waals surface area contributed by atoms with Crippen LogP contribution in [0, 0.1) is 6.92 Å². The highest BCUT2D eigenvalue weighted by molar-refractivity contribution is 5.76. The molecule has 0 aliphatic heterocycles. The molecule has 18 heavy (non-hydrogen) atoms. The molecule has 7 nitrogen and oxygen atoms in total. The van der Waals surface area contributed by atoms with Crippen molar-refractivity contribution in [1.82, 2.24) is 14.1 Å². The lowest BCUT2D eigenvalue weighted by Gasteiger charge is -2.05. The van der Waals surface area contributed by atoms with Gasteiger partial charge in [-0.15, -0.1) is 0 Å². The van der Waals surface area contributed by atoms with E-state index >= 15 is 0 Å². The third-order valence-electron chi connectivity index (χ3n) is 2.85. The predicted octanol–water partition coefficient (Wildman–Crippen LogP) is -0.0958. The molecule has 0 spiro atoms. The van der Waals surface area contributed by atoms with E-state index in [1.165, 1.54) is 0 Å². The fourth-order valence-electron chi connectivity index (χ4n) is 2.09. The van der Waals surface area contributed by atoms with E-state index in [4.69, 9.17) is 5.11 Å². The van der Waals surface area contributed by atoms with Crippen molar-refractivity contribution in [3.8, 4) is 0 Å². The van der Waals surface area contributed by atoms with Gasteiger partial charge in [-0.1, -0.05) is 0 Å². The molecular formula is C11H13N3O4. The summed E-state index contributed by atoms with van der Waals surface area (Å²) >= 11 is 0. The van der Waals surface area contributed by atoms with E-state index in [2.05, 4.69) is 4.98 Å². The van der Waals surface area contributed by atoms with Crippen LogP contribution in [0.1, 0.15) is 12.6 Å². The summed E-state index contributed by atoms with van der Waals surface area (Å²) in [6.45, 7) is 3.63. The van der Waals surface area contributed by atoms with Crippen molar-refractivity contribution in [1.29, 1.82) is 0 Å². The quantitative estimate of drug-likeness (QED) is 0.796. The van der Waals surface area contributed by atoms with E-state index < -0.39 is 23.8 Å². The van der Waals surface area contributed by atoms with Crippen LogP contribution in [0.25, 0.3) is 11.0 Å². The fraction of sp³-hybridized carbons (Fsp3) is 0.364. The second-order valence-electron chi connectivity index (χ2n) is 4.01. The molecule has 2 rings (SSSR count). The van der Waals surface area contributed by atoms with Gasteiger partial charge in [-0.25, -0.2) is 9.36 Å². The number of rotatable bonds is 3. The zero-order valence-corrected chi connectivity index (χ0v) is 10.1. The number of nitrogens with one attached hydrogen (secondary N) is 1. The lowest BCUT2D eigenvalue weighted by atomic mass is 10.4. The molecule has 0 aliphatic rings. The Hall–Kier alpha value is -2.31. The first kappa shape index (κ1) is 12.2. The molecular weight excluding hydrogens is 238 g/mol. The van der Waals surface area contributed by atoms with E-state index in [0.29, 0.717) is 22.1 Å². The topological polar surface area (TPSA) is 97.1 Å². The number of H-pyrrole nitrogens is 1. The van der Waals surface area contributed by atoms with Gasteiger partial charge in [-0.3, -0.25) is 9.59 Å². The standard InChI is InChI=1S/C11H13N3O4/c1-3-13-6(2)4-7-9(13)10(17)14(5-8(15)16)11(18)12-7/h4H,3,5H2,1-2H3,(H,12,18)(H,15,16). The molecule has 0 saturated carbocycles. The lowest BCUT2D eigenvalue weighted by Crippen LogP contribution is -2.37. The zero-order chi connectivity index (χ0) is 13.4. The second-order valence-corrected chi connectivity index (χ2v) is 4.01. The number of hydrogen-bond acceptors (Lipinski definition) is 3. The Morgan fingerprint density at radius 3 is 2.61 bits per heavy atom. The van der Waals surface area contributed by atoms with Gasteiger partial charge in [0.1, 0.15) is 12.1 Å². The van der Waals surface area contributed by atoms with Crippen LogP contribution < -0.4 is 11.2 Å². The van der Waals surface area contributed by atoms with Gasteiger partial charge in [0.25, 0.3) is 5.56 Å². The summed E-state index contributed by atoms with van der Waals surface area (Å²) in [6.07, 6.45) is 0. The van der Waals surface area contributed by atoms with Crippen molar-refractivity contribution < 1.29 is 9.90 Å². The van der Waals surface area contributed by atoms with Crippen molar-refractivity contribution in [2.24, 2.45) is 0 Å². The maximum absolute atomic E-state index is 12.1. The number of carboxylic acids is 1. The van der Waals surface area contributed by atoms with E-state index in [1.54, 1.807) is 10.6 Å². The summed E-state index contributed by atoms with van der Waals surface area (Å²) in [5, 5.41) is 8.70. The van der Waals surface area contributed by atoms with Gasteiger partial charge in [0.2, 0.25) is 0 Å². The Bertz CT molecular complexity index is 735. The number of nitrogens with zero attached hydrogens (tertiary/aromatic N) is 2. The van der Waals surface area contributed by atoms with Crippen molar-refractivity contribution in [3.63, 3.8) is 0 Å². The SMILES string of the molecule is CCn1c(C)cc2[nH]c(=O)n(CC(=O)O)c(=O)c21. The van der Waals surface area contributed by atoms with Gasteiger partial charge in [0.05, 0.1) is 5.52 Å².